The molecule has 1 amide bonds. The first-order valence-corrected chi connectivity index (χ1v) is 11.8. The number of amides is 1. The SMILES string of the molecule is Cc1cc(C)cc(NC2=N[C@H]3[C@@H](O)[C@H](O)C[C@H](C(=O)NCCN4CCOCC4)[C@H]3S2)c1. The van der Waals surface area contributed by atoms with Gasteiger partial charge >= 0.3 is 0 Å². The van der Waals surface area contributed by atoms with Gasteiger partial charge in [0.15, 0.2) is 5.17 Å². The van der Waals surface area contributed by atoms with Crippen molar-refractivity contribution in [3.05, 3.63) is 29.3 Å². The molecule has 31 heavy (non-hydrogen) atoms. The van der Waals surface area contributed by atoms with Gasteiger partial charge in [0.25, 0.3) is 0 Å². The Bertz CT molecular complexity index is 809. The fourth-order valence-corrected chi connectivity index (χ4v) is 5.95. The number of aryl methyl sites for hydroxylation is 2. The molecule has 1 saturated heterocycles. The summed E-state index contributed by atoms with van der Waals surface area (Å²) in [5, 5.41) is 27.7. The van der Waals surface area contributed by atoms with Crippen molar-refractivity contribution in [3.8, 4) is 0 Å². The molecule has 2 aliphatic heterocycles. The Kier molecular flexibility index (Phi) is 7.18. The second kappa shape index (κ2) is 9.87. The van der Waals surface area contributed by atoms with Crippen molar-refractivity contribution in [2.24, 2.45) is 10.9 Å². The van der Waals surface area contributed by atoms with Crippen LogP contribution in [0.2, 0.25) is 0 Å². The number of amidine groups is 1. The summed E-state index contributed by atoms with van der Waals surface area (Å²) in [5.74, 6) is -0.482. The van der Waals surface area contributed by atoms with Crippen LogP contribution in [0.25, 0.3) is 0 Å². The number of nitrogens with one attached hydrogen (secondary N) is 2. The molecular weight excluding hydrogens is 416 g/mol. The van der Waals surface area contributed by atoms with E-state index in [0.29, 0.717) is 11.7 Å². The molecule has 1 saturated carbocycles. The number of nitrogens with zero attached hydrogens (tertiary/aromatic N) is 2. The molecule has 2 heterocycles. The lowest BCUT2D eigenvalue weighted by atomic mass is 9.81. The molecule has 170 valence electrons. The molecule has 0 aromatic heterocycles. The lowest BCUT2D eigenvalue weighted by molar-refractivity contribution is -0.129. The van der Waals surface area contributed by atoms with Gasteiger partial charge in [-0.15, -0.1) is 0 Å². The molecule has 3 aliphatic rings. The first-order chi connectivity index (χ1) is 14.9. The highest BCUT2D eigenvalue weighted by Gasteiger charge is 2.50. The first kappa shape index (κ1) is 22.5. The Morgan fingerprint density at radius 1 is 1.23 bits per heavy atom. The molecule has 4 N–H and O–H groups in total. The Morgan fingerprint density at radius 3 is 2.65 bits per heavy atom. The summed E-state index contributed by atoms with van der Waals surface area (Å²) < 4.78 is 5.36. The second-order valence-corrected chi connectivity index (χ2v) is 9.82. The Balaban J connectivity index is 1.38. The third-order valence-corrected chi connectivity index (χ3v) is 7.44. The summed E-state index contributed by atoms with van der Waals surface area (Å²) >= 11 is 1.48. The Labute approximate surface area is 187 Å². The van der Waals surface area contributed by atoms with Crippen molar-refractivity contribution in [1.29, 1.82) is 0 Å². The van der Waals surface area contributed by atoms with Crippen LogP contribution in [0.15, 0.2) is 23.2 Å². The number of aliphatic imine (C=N–C) groups is 1. The average molecular weight is 449 g/mol. The Morgan fingerprint density at radius 2 is 1.94 bits per heavy atom. The van der Waals surface area contributed by atoms with Crippen molar-refractivity contribution in [3.63, 3.8) is 0 Å². The molecule has 5 atom stereocenters. The minimum absolute atomic E-state index is 0.0791. The van der Waals surface area contributed by atoms with Gasteiger partial charge in [0, 0.05) is 37.1 Å². The van der Waals surface area contributed by atoms with E-state index >= 15 is 0 Å². The number of anilines is 1. The van der Waals surface area contributed by atoms with Crippen molar-refractivity contribution in [2.75, 3.05) is 44.7 Å². The molecule has 1 aliphatic carbocycles. The van der Waals surface area contributed by atoms with E-state index < -0.39 is 24.2 Å². The number of aliphatic hydroxyl groups excluding tert-OH is 2. The van der Waals surface area contributed by atoms with Crippen LogP contribution in [0, 0.1) is 19.8 Å². The second-order valence-electron chi connectivity index (χ2n) is 8.65. The quantitative estimate of drug-likeness (QED) is 0.527. The van der Waals surface area contributed by atoms with E-state index in [2.05, 4.69) is 26.6 Å². The predicted octanol–water partition coefficient (Wildman–Crippen LogP) is 0.745. The van der Waals surface area contributed by atoms with Crippen LogP contribution in [0.1, 0.15) is 17.5 Å². The summed E-state index contributed by atoms with van der Waals surface area (Å²) in [5.41, 5.74) is 3.23. The molecule has 0 spiro atoms. The molecular formula is C22H32N4O4S. The van der Waals surface area contributed by atoms with Crippen LogP contribution >= 0.6 is 11.8 Å². The number of hydrogen-bond donors (Lipinski definition) is 4. The summed E-state index contributed by atoms with van der Waals surface area (Å²) in [6, 6.07) is 5.68. The van der Waals surface area contributed by atoms with Gasteiger partial charge in [-0.3, -0.25) is 14.7 Å². The van der Waals surface area contributed by atoms with Crippen LogP contribution < -0.4 is 10.6 Å². The first-order valence-electron chi connectivity index (χ1n) is 10.9. The number of morpholine rings is 1. The van der Waals surface area contributed by atoms with Crippen LogP contribution in [0.3, 0.4) is 0 Å². The van der Waals surface area contributed by atoms with E-state index in [1.165, 1.54) is 11.8 Å². The van der Waals surface area contributed by atoms with Crippen molar-refractivity contribution in [2.45, 2.75) is 43.8 Å². The van der Waals surface area contributed by atoms with E-state index in [-0.39, 0.29) is 17.6 Å². The minimum atomic E-state index is -0.964. The maximum absolute atomic E-state index is 13.0. The third-order valence-electron chi connectivity index (χ3n) is 6.13. The topological polar surface area (TPSA) is 106 Å². The van der Waals surface area contributed by atoms with E-state index in [9.17, 15) is 15.0 Å². The number of ether oxygens (including phenoxy) is 1. The van der Waals surface area contributed by atoms with Gasteiger partial charge in [-0.1, -0.05) is 17.8 Å². The van der Waals surface area contributed by atoms with Crippen molar-refractivity contribution >= 4 is 28.5 Å². The zero-order valence-corrected chi connectivity index (χ0v) is 18.9. The number of carbonyl (C=O) groups excluding carboxylic acids is 1. The molecule has 9 heteroatoms. The van der Waals surface area contributed by atoms with Crippen LogP contribution in [-0.2, 0) is 9.53 Å². The number of hydrogen-bond acceptors (Lipinski definition) is 8. The van der Waals surface area contributed by atoms with Crippen molar-refractivity contribution < 1.29 is 19.7 Å². The largest absolute Gasteiger partial charge is 0.390 e. The smallest absolute Gasteiger partial charge is 0.224 e. The number of thioether (sulfide) groups is 1. The number of fused-ring (bicyclic) bond motifs is 1. The lowest BCUT2D eigenvalue weighted by Crippen LogP contribution is -2.54. The molecule has 1 aromatic carbocycles. The van der Waals surface area contributed by atoms with Gasteiger partial charge in [-0.25, -0.2) is 0 Å². The molecule has 2 fully saturated rings. The number of carbonyl (C=O) groups is 1. The maximum Gasteiger partial charge on any atom is 0.224 e. The maximum atomic E-state index is 13.0. The monoisotopic (exact) mass is 448 g/mol. The summed E-state index contributed by atoms with van der Waals surface area (Å²) in [6.45, 7) is 8.65. The highest BCUT2D eigenvalue weighted by Crippen LogP contribution is 2.41. The van der Waals surface area contributed by atoms with Crippen molar-refractivity contribution in [1.82, 2.24) is 10.2 Å². The van der Waals surface area contributed by atoms with Gasteiger partial charge in [0.1, 0.15) is 6.10 Å². The van der Waals surface area contributed by atoms with E-state index in [4.69, 9.17) is 4.74 Å². The highest BCUT2D eigenvalue weighted by molar-refractivity contribution is 8.15. The molecule has 1 aromatic rings. The third kappa shape index (κ3) is 5.40. The minimum Gasteiger partial charge on any atom is -0.390 e. The molecule has 8 nitrogen and oxygen atoms in total. The average Bonchev–Trinajstić information content (AvgIpc) is 3.14. The normalized spacial score (nSPS) is 31.1. The predicted molar refractivity (Wildman–Crippen MR) is 123 cm³/mol. The van der Waals surface area contributed by atoms with Gasteiger partial charge in [-0.2, -0.15) is 0 Å². The zero-order chi connectivity index (χ0) is 22.0. The van der Waals surface area contributed by atoms with E-state index in [1.54, 1.807) is 0 Å². The number of aliphatic hydroxyl groups is 2. The Hall–Kier alpha value is -1.65. The fraction of sp³-hybridized carbons (Fsp3) is 0.636. The van der Waals surface area contributed by atoms with Gasteiger partial charge in [0.05, 0.1) is 31.3 Å². The zero-order valence-electron chi connectivity index (χ0n) is 18.1. The molecule has 0 radical (unpaired) electrons. The lowest BCUT2D eigenvalue weighted by Gasteiger charge is -2.37. The van der Waals surface area contributed by atoms with Crippen LogP contribution in [0.5, 0.6) is 0 Å². The fourth-order valence-electron chi connectivity index (χ4n) is 4.57. The molecule has 4 rings (SSSR count). The highest BCUT2D eigenvalue weighted by atomic mass is 32.2. The van der Waals surface area contributed by atoms with Gasteiger partial charge < -0.3 is 25.6 Å². The summed E-state index contributed by atoms with van der Waals surface area (Å²) in [6.07, 6.45) is -1.68. The van der Waals surface area contributed by atoms with Gasteiger partial charge in [-0.05, 0) is 43.5 Å². The summed E-state index contributed by atoms with van der Waals surface area (Å²) in [4.78, 5) is 19.9. The van der Waals surface area contributed by atoms with Gasteiger partial charge in [0.2, 0.25) is 5.91 Å². The molecule has 0 unspecified atom stereocenters. The van der Waals surface area contributed by atoms with E-state index in [1.807, 2.05) is 26.0 Å². The van der Waals surface area contributed by atoms with Crippen LogP contribution in [-0.4, -0.2) is 89.1 Å². The summed E-state index contributed by atoms with van der Waals surface area (Å²) in [7, 11) is 0. The number of rotatable bonds is 5. The van der Waals surface area contributed by atoms with E-state index in [0.717, 1.165) is 49.7 Å². The molecule has 0 bridgehead atoms. The number of benzene rings is 1. The standard InChI is InChI=1S/C22H32N4O4S/c1-13-9-14(2)11-15(10-13)24-22-25-18-19(28)17(27)12-16(20(18)31-22)21(29)23-3-4-26-5-7-30-8-6-26/h9-11,16-20,27-28H,3-8,12H2,1-2H3,(H,23,29)(H,24,25)/t16-,17+,18-,19-,20+/m0/s1. The van der Waals surface area contributed by atoms with Crippen LogP contribution in [0.4, 0.5) is 5.69 Å².